The van der Waals surface area contributed by atoms with Crippen molar-refractivity contribution >= 4 is 17.2 Å². The van der Waals surface area contributed by atoms with Crippen LogP contribution in [0, 0.1) is 6.92 Å². The summed E-state index contributed by atoms with van der Waals surface area (Å²) in [7, 11) is 0. The number of aromatic nitrogens is 2. The number of amides is 1. The first-order valence-corrected chi connectivity index (χ1v) is 7.76. The van der Waals surface area contributed by atoms with Gasteiger partial charge in [0.2, 0.25) is 0 Å². The number of aryl methyl sites for hydroxylation is 1. The van der Waals surface area contributed by atoms with Crippen molar-refractivity contribution in [2.24, 2.45) is 0 Å². The SMILES string of the molecule is Cc1nc(-c2ccccn2)sc1C(=O)N1CCOC[C@H]1C. The van der Waals surface area contributed by atoms with E-state index in [0.717, 1.165) is 16.4 Å². The van der Waals surface area contributed by atoms with Crippen LogP contribution in [0.25, 0.3) is 10.7 Å². The third kappa shape index (κ3) is 2.82. The Morgan fingerprint density at radius 1 is 1.48 bits per heavy atom. The van der Waals surface area contributed by atoms with E-state index < -0.39 is 0 Å². The van der Waals surface area contributed by atoms with Crippen molar-refractivity contribution in [3.63, 3.8) is 0 Å². The summed E-state index contributed by atoms with van der Waals surface area (Å²) < 4.78 is 5.39. The molecule has 0 unspecified atom stereocenters. The van der Waals surface area contributed by atoms with Gasteiger partial charge in [-0.15, -0.1) is 11.3 Å². The molecule has 0 spiro atoms. The van der Waals surface area contributed by atoms with Gasteiger partial charge in [-0.25, -0.2) is 4.98 Å². The van der Waals surface area contributed by atoms with E-state index >= 15 is 0 Å². The highest BCUT2D eigenvalue weighted by atomic mass is 32.1. The number of thiazole rings is 1. The second-order valence-corrected chi connectivity index (χ2v) is 6.07. The van der Waals surface area contributed by atoms with Crippen LogP contribution in [0.15, 0.2) is 24.4 Å². The molecule has 1 amide bonds. The summed E-state index contributed by atoms with van der Waals surface area (Å²) in [6.07, 6.45) is 1.73. The Balaban J connectivity index is 1.89. The third-order valence-corrected chi connectivity index (χ3v) is 4.67. The molecular formula is C15H17N3O2S. The zero-order chi connectivity index (χ0) is 14.8. The standard InChI is InChI=1S/C15H17N3O2S/c1-10-9-20-8-7-18(10)15(19)13-11(2)17-14(21-13)12-5-3-4-6-16-12/h3-6,10H,7-9H2,1-2H3/t10-/m1/s1. The lowest BCUT2D eigenvalue weighted by Gasteiger charge is -2.33. The maximum Gasteiger partial charge on any atom is 0.266 e. The van der Waals surface area contributed by atoms with Crippen LogP contribution in [0.4, 0.5) is 0 Å². The summed E-state index contributed by atoms with van der Waals surface area (Å²) in [6, 6.07) is 5.80. The molecule has 1 fully saturated rings. The van der Waals surface area contributed by atoms with Crippen LogP contribution in [0.1, 0.15) is 22.3 Å². The molecule has 0 N–H and O–H groups in total. The molecule has 2 aromatic heterocycles. The maximum absolute atomic E-state index is 12.7. The number of rotatable bonds is 2. The molecule has 6 heteroatoms. The van der Waals surface area contributed by atoms with E-state index in [0.29, 0.717) is 24.6 Å². The predicted molar refractivity (Wildman–Crippen MR) is 81.4 cm³/mol. The summed E-state index contributed by atoms with van der Waals surface area (Å²) in [6.45, 7) is 5.71. The second kappa shape index (κ2) is 5.91. The molecule has 110 valence electrons. The zero-order valence-electron chi connectivity index (χ0n) is 12.1. The van der Waals surface area contributed by atoms with Gasteiger partial charge in [0.15, 0.2) is 0 Å². The van der Waals surface area contributed by atoms with Crippen molar-refractivity contribution in [3.8, 4) is 10.7 Å². The lowest BCUT2D eigenvalue weighted by molar-refractivity contribution is 0.00381. The first kappa shape index (κ1) is 14.2. The average molecular weight is 303 g/mol. The monoisotopic (exact) mass is 303 g/mol. The molecule has 0 aliphatic carbocycles. The van der Waals surface area contributed by atoms with Crippen molar-refractivity contribution in [2.45, 2.75) is 19.9 Å². The molecule has 1 aliphatic heterocycles. The molecular weight excluding hydrogens is 286 g/mol. The highest BCUT2D eigenvalue weighted by molar-refractivity contribution is 7.17. The van der Waals surface area contributed by atoms with Crippen LogP contribution < -0.4 is 0 Å². The summed E-state index contributed by atoms with van der Waals surface area (Å²) in [5.41, 5.74) is 1.57. The molecule has 0 aromatic carbocycles. The molecule has 0 radical (unpaired) electrons. The quantitative estimate of drug-likeness (QED) is 0.854. The Morgan fingerprint density at radius 3 is 3.05 bits per heavy atom. The fourth-order valence-electron chi connectivity index (χ4n) is 2.35. The van der Waals surface area contributed by atoms with Gasteiger partial charge in [-0.3, -0.25) is 9.78 Å². The van der Waals surface area contributed by atoms with Crippen molar-refractivity contribution in [1.29, 1.82) is 0 Å². The largest absolute Gasteiger partial charge is 0.377 e. The molecule has 3 rings (SSSR count). The number of hydrogen-bond donors (Lipinski definition) is 0. The number of morpholine rings is 1. The van der Waals surface area contributed by atoms with E-state index in [1.165, 1.54) is 11.3 Å². The van der Waals surface area contributed by atoms with Gasteiger partial charge < -0.3 is 9.64 Å². The van der Waals surface area contributed by atoms with Gasteiger partial charge in [0.25, 0.3) is 5.91 Å². The lowest BCUT2D eigenvalue weighted by Crippen LogP contribution is -2.47. The summed E-state index contributed by atoms with van der Waals surface area (Å²) in [5, 5.41) is 0.789. The summed E-state index contributed by atoms with van der Waals surface area (Å²) in [4.78, 5) is 24.1. The first-order chi connectivity index (χ1) is 10.2. The Bertz CT molecular complexity index is 642. The number of carbonyl (C=O) groups is 1. The summed E-state index contributed by atoms with van der Waals surface area (Å²) in [5.74, 6) is 0.0444. The number of ether oxygens (including phenoxy) is 1. The minimum Gasteiger partial charge on any atom is -0.377 e. The van der Waals surface area contributed by atoms with Crippen molar-refractivity contribution < 1.29 is 9.53 Å². The van der Waals surface area contributed by atoms with Gasteiger partial charge in [0.05, 0.1) is 30.6 Å². The molecule has 0 saturated carbocycles. The maximum atomic E-state index is 12.7. The Morgan fingerprint density at radius 2 is 2.33 bits per heavy atom. The third-order valence-electron chi connectivity index (χ3n) is 3.50. The van der Waals surface area contributed by atoms with Crippen LogP contribution in [0.3, 0.4) is 0 Å². The van der Waals surface area contributed by atoms with Crippen LogP contribution in [-0.2, 0) is 4.74 Å². The van der Waals surface area contributed by atoms with Crippen molar-refractivity contribution in [3.05, 3.63) is 35.0 Å². The molecule has 5 nitrogen and oxygen atoms in total. The van der Waals surface area contributed by atoms with Gasteiger partial charge in [-0.2, -0.15) is 0 Å². The normalized spacial score (nSPS) is 18.8. The van der Waals surface area contributed by atoms with E-state index in [2.05, 4.69) is 9.97 Å². The van der Waals surface area contributed by atoms with Gasteiger partial charge in [0.1, 0.15) is 9.88 Å². The zero-order valence-corrected chi connectivity index (χ0v) is 12.9. The van der Waals surface area contributed by atoms with E-state index in [1.807, 2.05) is 36.9 Å². The van der Waals surface area contributed by atoms with Crippen LogP contribution in [0.5, 0.6) is 0 Å². The smallest absolute Gasteiger partial charge is 0.266 e. The van der Waals surface area contributed by atoms with Gasteiger partial charge in [-0.05, 0) is 26.0 Å². The minimum absolute atomic E-state index is 0.0444. The second-order valence-electron chi connectivity index (χ2n) is 5.07. The van der Waals surface area contributed by atoms with Crippen molar-refractivity contribution in [1.82, 2.24) is 14.9 Å². The highest BCUT2D eigenvalue weighted by Gasteiger charge is 2.28. The van der Waals surface area contributed by atoms with Gasteiger partial charge in [-0.1, -0.05) is 6.07 Å². The van der Waals surface area contributed by atoms with E-state index in [4.69, 9.17) is 4.74 Å². The fraction of sp³-hybridized carbons (Fsp3) is 0.400. The topological polar surface area (TPSA) is 55.3 Å². The predicted octanol–water partition coefficient (Wildman–Crippen LogP) is 2.37. The lowest BCUT2D eigenvalue weighted by atomic mass is 10.2. The van der Waals surface area contributed by atoms with Gasteiger partial charge in [0, 0.05) is 12.7 Å². The molecule has 2 aromatic rings. The minimum atomic E-state index is 0.0444. The van der Waals surface area contributed by atoms with E-state index in [1.54, 1.807) is 6.20 Å². The molecule has 0 bridgehead atoms. The molecule has 1 saturated heterocycles. The van der Waals surface area contributed by atoms with Crippen LogP contribution in [0.2, 0.25) is 0 Å². The van der Waals surface area contributed by atoms with Crippen LogP contribution >= 0.6 is 11.3 Å². The Hall–Kier alpha value is -1.79. The number of nitrogens with zero attached hydrogens (tertiary/aromatic N) is 3. The average Bonchev–Trinajstić information content (AvgIpc) is 2.90. The Kier molecular flexibility index (Phi) is 3.98. The Labute approximate surface area is 127 Å². The molecule has 1 aliphatic rings. The van der Waals surface area contributed by atoms with Crippen molar-refractivity contribution in [2.75, 3.05) is 19.8 Å². The number of hydrogen-bond acceptors (Lipinski definition) is 5. The van der Waals surface area contributed by atoms with Crippen LogP contribution in [-0.4, -0.2) is 46.6 Å². The molecule has 21 heavy (non-hydrogen) atoms. The molecule has 3 heterocycles. The highest BCUT2D eigenvalue weighted by Crippen LogP contribution is 2.28. The summed E-state index contributed by atoms with van der Waals surface area (Å²) >= 11 is 1.41. The number of pyridine rings is 1. The first-order valence-electron chi connectivity index (χ1n) is 6.94. The van der Waals surface area contributed by atoms with E-state index in [-0.39, 0.29) is 11.9 Å². The fourth-order valence-corrected chi connectivity index (χ4v) is 3.35. The molecule has 1 atom stereocenters. The van der Waals surface area contributed by atoms with E-state index in [9.17, 15) is 4.79 Å². The van der Waals surface area contributed by atoms with Gasteiger partial charge >= 0.3 is 0 Å². The number of carbonyl (C=O) groups excluding carboxylic acids is 1.